The minimum Gasteiger partial charge on any atom is -0.493 e. The number of benzene rings is 2. The van der Waals surface area contributed by atoms with Gasteiger partial charge in [-0.2, -0.15) is 11.8 Å². The van der Waals surface area contributed by atoms with Gasteiger partial charge in [-0.15, -0.1) is 0 Å². The number of nitrogens with zero attached hydrogens (tertiary/aromatic N) is 1. The van der Waals surface area contributed by atoms with Crippen LogP contribution in [0.3, 0.4) is 0 Å². The number of thioether (sulfide) groups is 1. The minimum atomic E-state index is -0.908. The third-order valence-electron chi connectivity index (χ3n) is 7.09. The van der Waals surface area contributed by atoms with Crippen LogP contribution in [0.15, 0.2) is 58.9 Å². The molecule has 0 amide bonds. The number of rotatable bonds is 10. The van der Waals surface area contributed by atoms with Gasteiger partial charge in [0.05, 0.1) is 24.7 Å². The Hall–Kier alpha value is -3.50. The molecule has 0 spiro atoms. The lowest BCUT2D eigenvalue weighted by molar-refractivity contribution is -0.384. The topological polar surface area (TPSA) is 117 Å². The Balaban J connectivity index is 1.78. The second-order valence-electron chi connectivity index (χ2n) is 9.43. The number of ketones is 1. The lowest BCUT2D eigenvalue weighted by Gasteiger charge is -2.37. The highest BCUT2D eigenvalue weighted by atomic mass is 35.5. The lowest BCUT2D eigenvalue weighted by Crippen LogP contribution is -2.36. The van der Waals surface area contributed by atoms with Gasteiger partial charge in [0.2, 0.25) is 0 Å². The number of hydrogen-bond acceptors (Lipinski definition) is 9. The molecule has 1 aliphatic heterocycles. The number of methoxy groups -OCH3 is 2. The summed E-state index contributed by atoms with van der Waals surface area (Å²) < 4.78 is 16.4. The van der Waals surface area contributed by atoms with Crippen LogP contribution in [0.25, 0.3) is 0 Å². The maximum absolute atomic E-state index is 13.9. The fourth-order valence-electron chi connectivity index (χ4n) is 5.24. The number of non-ortho nitro benzene ring substituents is 1. The number of ether oxygens (including phenoxy) is 3. The van der Waals surface area contributed by atoms with Crippen LogP contribution < -0.4 is 14.8 Å². The average Bonchev–Trinajstić information content (AvgIpc) is 2.94. The van der Waals surface area contributed by atoms with Gasteiger partial charge in [0.15, 0.2) is 17.3 Å². The zero-order chi connectivity index (χ0) is 29.0. The summed E-state index contributed by atoms with van der Waals surface area (Å²) >= 11 is 8.22. The molecule has 1 N–H and O–H groups in total. The molecule has 0 radical (unpaired) electrons. The van der Waals surface area contributed by atoms with Gasteiger partial charge in [-0.25, -0.2) is 4.79 Å². The summed E-state index contributed by atoms with van der Waals surface area (Å²) in [6, 6.07) is 9.63. The van der Waals surface area contributed by atoms with Crippen molar-refractivity contribution in [3.8, 4) is 11.5 Å². The molecule has 4 rings (SSSR count). The van der Waals surface area contributed by atoms with Crippen LogP contribution in [0.2, 0.25) is 5.02 Å². The van der Waals surface area contributed by atoms with E-state index in [1.807, 2.05) is 19.1 Å². The number of dihydropyridines is 1. The lowest BCUT2D eigenvalue weighted by atomic mass is 9.71. The van der Waals surface area contributed by atoms with Crippen molar-refractivity contribution in [3.63, 3.8) is 0 Å². The summed E-state index contributed by atoms with van der Waals surface area (Å²) in [5.74, 6) is 0.830. The molecule has 2 aromatic carbocycles. The highest BCUT2D eigenvalue weighted by molar-refractivity contribution is 7.99. The third kappa shape index (κ3) is 5.97. The maximum atomic E-state index is 13.9. The van der Waals surface area contributed by atoms with Crippen molar-refractivity contribution in [1.29, 1.82) is 0 Å². The Labute approximate surface area is 242 Å². The number of allylic oxidation sites excluding steroid dienone is 3. The van der Waals surface area contributed by atoms with Gasteiger partial charge >= 0.3 is 5.97 Å². The molecule has 11 heteroatoms. The van der Waals surface area contributed by atoms with Crippen LogP contribution in [-0.2, 0) is 14.3 Å². The SMILES string of the molecule is CCSCCOC(=O)C1=C(C)NC2=C(C(=O)CC(c3ccc(OC)c(OC)c3)C2)C1c1cc([N+](=O)[O-])ccc1Cl. The molecule has 212 valence electrons. The molecular weight excluding hydrogens is 556 g/mol. The first kappa shape index (κ1) is 29.5. The van der Waals surface area contributed by atoms with E-state index in [9.17, 15) is 19.7 Å². The van der Waals surface area contributed by atoms with Crippen molar-refractivity contribution < 1.29 is 28.7 Å². The van der Waals surface area contributed by atoms with Crippen molar-refractivity contribution >= 4 is 40.8 Å². The predicted molar refractivity (Wildman–Crippen MR) is 154 cm³/mol. The summed E-state index contributed by atoms with van der Waals surface area (Å²) in [5, 5.41) is 15.1. The molecule has 2 aromatic rings. The van der Waals surface area contributed by atoms with E-state index in [1.165, 1.54) is 18.2 Å². The molecule has 2 aliphatic rings. The van der Waals surface area contributed by atoms with Crippen LogP contribution in [-0.4, -0.2) is 49.0 Å². The predicted octanol–water partition coefficient (Wildman–Crippen LogP) is 5.92. The van der Waals surface area contributed by atoms with E-state index in [1.54, 1.807) is 39.0 Å². The molecule has 1 heterocycles. The molecule has 0 bridgehead atoms. The van der Waals surface area contributed by atoms with Gasteiger partial charge in [0.25, 0.3) is 5.69 Å². The van der Waals surface area contributed by atoms with Crippen molar-refractivity contribution in [1.82, 2.24) is 5.32 Å². The van der Waals surface area contributed by atoms with Crippen LogP contribution >= 0.6 is 23.4 Å². The summed E-state index contributed by atoms with van der Waals surface area (Å²) in [4.78, 5) is 38.4. The maximum Gasteiger partial charge on any atom is 0.336 e. The Bertz CT molecular complexity index is 1400. The van der Waals surface area contributed by atoms with Gasteiger partial charge in [0.1, 0.15) is 6.61 Å². The first-order valence-electron chi connectivity index (χ1n) is 12.8. The van der Waals surface area contributed by atoms with E-state index < -0.39 is 16.8 Å². The molecule has 9 nitrogen and oxygen atoms in total. The smallest absolute Gasteiger partial charge is 0.336 e. The largest absolute Gasteiger partial charge is 0.493 e. The fraction of sp³-hybridized carbons (Fsp3) is 0.379. The first-order chi connectivity index (χ1) is 19.2. The molecular formula is C29H31ClN2O7S. The normalized spacial score (nSPS) is 18.7. The number of esters is 1. The van der Waals surface area contributed by atoms with Gasteiger partial charge in [-0.05, 0) is 54.3 Å². The summed E-state index contributed by atoms with van der Waals surface area (Å²) in [5.41, 5.74) is 2.80. The minimum absolute atomic E-state index is 0.160. The highest BCUT2D eigenvalue weighted by Gasteiger charge is 2.42. The van der Waals surface area contributed by atoms with Gasteiger partial charge in [-0.1, -0.05) is 24.6 Å². The monoisotopic (exact) mass is 586 g/mol. The molecule has 40 heavy (non-hydrogen) atoms. The van der Waals surface area contributed by atoms with E-state index in [0.29, 0.717) is 46.2 Å². The van der Waals surface area contributed by atoms with Crippen LogP contribution in [0.5, 0.6) is 11.5 Å². The number of nitrogens with one attached hydrogen (secondary N) is 1. The highest BCUT2D eigenvalue weighted by Crippen LogP contribution is 2.48. The van der Waals surface area contributed by atoms with Crippen molar-refractivity contribution in [2.75, 3.05) is 32.3 Å². The summed E-state index contributed by atoms with van der Waals surface area (Å²) in [6.45, 7) is 3.96. The van der Waals surface area contributed by atoms with Crippen LogP contribution in [0.4, 0.5) is 5.69 Å². The van der Waals surface area contributed by atoms with Gasteiger partial charge in [0, 0.05) is 52.2 Å². The van der Waals surface area contributed by atoms with E-state index in [4.69, 9.17) is 25.8 Å². The van der Waals surface area contributed by atoms with Crippen molar-refractivity contribution in [2.24, 2.45) is 0 Å². The number of nitro groups is 1. The fourth-order valence-corrected chi connectivity index (χ4v) is 5.96. The van der Waals surface area contributed by atoms with Gasteiger partial charge in [-0.3, -0.25) is 14.9 Å². The summed E-state index contributed by atoms with van der Waals surface area (Å²) in [7, 11) is 3.12. The second-order valence-corrected chi connectivity index (χ2v) is 11.2. The zero-order valence-corrected chi connectivity index (χ0v) is 24.3. The molecule has 0 saturated carbocycles. The molecule has 2 unspecified atom stereocenters. The first-order valence-corrected chi connectivity index (χ1v) is 14.4. The second kappa shape index (κ2) is 12.8. The number of Topliss-reactive ketones (excluding diaryl/α,β-unsaturated/α-hetero) is 1. The summed E-state index contributed by atoms with van der Waals surface area (Å²) in [6.07, 6.45) is 0.653. The quantitative estimate of drug-likeness (QED) is 0.156. The van der Waals surface area contributed by atoms with Crippen LogP contribution in [0, 0.1) is 10.1 Å². The van der Waals surface area contributed by atoms with E-state index >= 15 is 0 Å². The number of carbonyl (C=O) groups excluding carboxylic acids is 2. The number of hydrogen-bond donors (Lipinski definition) is 1. The Morgan fingerprint density at radius 3 is 2.58 bits per heavy atom. The molecule has 0 saturated heterocycles. The zero-order valence-electron chi connectivity index (χ0n) is 22.7. The van der Waals surface area contributed by atoms with E-state index in [-0.39, 0.29) is 41.0 Å². The molecule has 0 aromatic heterocycles. The standard InChI is InChI=1S/C29H31ClN2O7S/c1-5-40-11-10-39-29(34)26-16(2)31-22-12-18(17-6-9-24(37-3)25(14-17)38-4)13-23(33)28(22)27(26)20-15-19(32(35)36)7-8-21(20)30/h6-9,14-15,18,27,31H,5,10-13H2,1-4H3. The molecule has 2 atom stereocenters. The number of nitro benzene ring substituents is 1. The Morgan fingerprint density at radius 1 is 1.15 bits per heavy atom. The van der Waals surface area contributed by atoms with E-state index in [2.05, 4.69) is 5.32 Å². The molecule has 1 aliphatic carbocycles. The van der Waals surface area contributed by atoms with Crippen molar-refractivity contribution in [2.45, 2.75) is 38.5 Å². The van der Waals surface area contributed by atoms with Crippen LogP contribution in [0.1, 0.15) is 49.7 Å². The van der Waals surface area contributed by atoms with Crippen molar-refractivity contribution in [3.05, 3.63) is 85.2 Å². The Morgan fingerprint density at radius 2 is 1.90 bits per heavy atom. The third-order valence-corrected chi connectivity index (χ3v) is 8.30. The average molecular weight is 587 g/mol. The van der Waals surface area contributed by atoms with Gasteiger partial charge < -0.3 is 19.5 Å². The van der Waals surface area contributed by atoms with E-state index in [0.717, 1.165) is 11.3 Å². The Kier molecular flexibility index (Phi) is 9.42. The number of carbonyl (C=O) groups is 2. The molecule has 0 fully saturated rings. The number of halogens is 1.